The van der Waals surface area contributed by atoms with Gasteiger partial charge >= 0.3 is 0 Å². The lowest BCUT2D eigenvalue weighted by Crippen LogP contribution is -2.31. The molecule has 0 radical (unpaired) electrons. The van der Waals surface area contributed by atoms with E-state index in [1.807, 2.05) is 48.7 Å². The fraction of sp³-hybridized carbons (Fsp3) is 0.312. The third-order valence-electron chi connectivity index (χ3n) is 3.24. The first-order valence-electron chi connectivity index (χ1n) is 6.91. The number of rotatable bonds is 4. The van der Waals surface area contributed by atoms with E-state index in [9.17, 15) is 0 Å². The lowest BCUT2D eigenvalue weighted by atomic mass is 10.2. The highest BCUT2D eigenvalue weighted by Crippen LogP contribution is 2.30. The van der Waals surface area contributed by atoms with E-state index in [0.717, 1.165) is 36.7 Å². The van der Waals surface area contributed by atoms with Gasteiger partial charge in [-0.05, 0) is 24.3 Å². The van der Waals surface area contributed by atoms with Crippen LogP contribution in [0.25, 0.3) is 0 Å². The van der Waals surface area contributed by atoms with Crippen LogP contribution >= 0.6 is 0 Å². The van der Waals surface area contributed by atoms with E-state index < -0.39 is 0 Å². The number of nitrogens with one attached hydrogen (secondary N) is 1. The highest BCUT2D eigenvalue weighted by molar-refractivity contribution is 5.40. The first-order chi connectivity index (χ1) is 9.92. The average molecular weight is 270 g/mol. The predicted molar refractivity (Wildman–Crippen MR) is 76.9 cm³/mol. The zero-order valence-electron chi connectivity index (χ0n) is 11.3. The van der Waals surface area contributed by atoms with E-state index in [4.69, 9.17) is 9.47 Å². The molecular weight excluding hydrogens is 252 g/mol. The summed E-state index contributed by atoms with van der Waals surface area (Å²) in [5.41, 5.74) is 1.04. The lowest BCUT2D eigenvalue weighted by molar-refractivity contribution is 0.187. The Labute approximate surface area is 118 Å². The molecule has 0 aliphatic carbocycles. The van der Waals surface area contributed by atoms with Crippen LogP contribution in [0.4, 0.5) is 0 Å². The summed E-state index contributed by atoms with van der Waals surface area (Å²) in [4.78, 5) is 4.29. The standard InChI is InChI=1S/C16H18N2O2/c1-2-7-16-15(6-1)19-10-8-14(20-16)12-17-11-13-5-3-4-9-18-13/h1-7,9,14,17H,8,10-12H2. The van der Waals surface area contributed by atoms with Crippen molar-refractivity contribution in [1.29, 1.82) is 0 Å². The van der Waals surface area contributed by atoms with Gasteiger partial charge in [-0.2, -0.15) is 0 Å². The van der Waals surface area contributed by atoms with Gasteiger partial charge < -0.3 is 14.8 Å². The van der Waals surface area contributed by atoms with Crippen LogP contribution in [0.1, 0.15) is 12.1 Å². The van der Waals surface area contributed by atoms with Gasteiger partial charge in [-0.1, -0.05) is 18.2 Å². The van der Waals surface area contributed by atoms with Crippen LogP contribution in [0, 0.1) is 0 Å². The van der Waals surface area contributed by atoms with Crippen LogP contribution in [0.15, 0.2) is 48.7 Å². The van der Waals surface area contributed by atoms with Crippen LogP contribution in [0.2, 0.25) is 0 Å². The Morgan fingerprint density at radius 2 is 1.95 bits per heavy atom. The summed E-state index contributed by atoms with van der Waals surface area (Å²) in [5.74, 6) is 1.66. The lowest BCUT2D eigenvalue weighted by Gasteiger charge is -2.16. The number of para-hydroxylation sites is 2. The molecule has 0 fully saturated rings. The van der Waals surface area contributed by atoms with Gasteiger partial charge in [-0.25, -0.2) is 0 Å². The molecule has 3 rings (SSSR count). The Kier molecular flexibility index (Phi) is 4.13. The van der Waals surface area contributed by atoms with Crippen molar-refractivity contribution in [3.8, 4) is 11.5 Å². The topological polar surface area (TPSA) is 43.4 Å². The van der Waals surface area contributed by atoms with Gasteiger partial charge in [-0.15, -0.1) is 0 Å². The molecule has 4 heteroatoms. The Hall–Kier alpha value is -2.07. The van der Waals surface area contributed by atoms with Crippen LogP contribution in [0.3, 0.4) is 0 Å². The van der Waals surface area contributed by atoms with Crippen LogP contribution in [-0.2, 0) is 6.54 Å². The van der Waals surface area contributed by atoms with E-state index in [-0.39, 0.29) is 6.10 Å². The van der Waals surface area contributed by atoms with Crippen molar-refractivity contribution in [3.63, 3.8) is 0 Å². The number of nitrogens with zero attached hydrogens (tertiary/aromatic N) is 1. The number of hydrogen-bond acceptors (Lipinski definition) is 4. The van der Waals surface area contributed by atoms with E-state index in [1.54, 1.807) is 0 Å². The van der Waals surface area contributed by atoms with Crippen molar-refractivity contribution in [2.45, 2.75) is 19.1 Å². The first-order valence-corrected chi connectivity index (χ1v) is 6.91. The van der Waals surface area contributed by atoms with Crippen molar-refractivity contribution in [1.82, 2.24) is 10.3 Å². The zero-order chi connectivity index (χ0) is 13.6. The van der Waals surface area contributed by atoms with E-state index in [2.05, 4.69) is 10.3 Å². The largest absolute Gasteiger partial charge is 0.490 e. The normalized spacial score (nSPS) is 17.5. The second-order valence-corrected chi connectivity index (χ2v) is 4.78. The minimum Gasteiger partial charge on any atom is -0.490 e. The van der Waals surface area contributed by atoms with Crippen molar-refractivity contribution in [2.24, 2.45) is 0 Å². The van der Waals surface area contributed by atoms with Gasteiger partial charge in [0.15, 0.2) is 11.5 Å². The summed E-state index contributed by atoms with van der Waals surface area (Å²) in [6, 6.07) is 13.8. The molecule has 0 bridgehead atoms. The monoisotopic (exact) mass is 270 g/mol. The quantitative estimate of drug-likeness (QED) is 0.926. The van der Waals surface area contributed by atoms with Gasteiger partial charge in [0.2, 0.25) is 0 Å². The fourth-order valence-electron chi connectivity index (χ4n) is 2.21. The van der Waals surface area contributed by atoms with Crippen molar-refractivity contribution in [3.05, 3.63) is 54.4 Å². The Balaban J connectivity index is 1.54. The molecule has 0 saturated carbocycles. The highest BCUT2D eigenvalue weighted by atomic mass is 16.5. The van der Waals surface area contributed by atoms with E-state index in [0.29, 0.717) is 6.61 Å². The molecule has 20 heavy (non-hydrogen) atoms. The number of aromatic nitrogens is 1. The van der Waals surface area contributed by atoms with Crippen molar-refractivity contribution < 1.29 is 9.47 Å². The van der Waals surface area contributed by atoms with Gasteiger partial charge in [0, 0.05) is 25.7 Å². The maximum absolute atomic E-state index is 5.99. The van der Waals surface area contributed by atoms with Crippen LogP contribution < -0.4 is 14.8 Å². The predicted octanol–water partition coefficient (Wildman–Crippen LogP) is 2.40. The zero-order valence-corrected chi connectivity index (χ0v) is 11.3. The van der Waals surface area contributed by atoms with Gasteiger partial charge in [-0.3, -0.25) is 4.98 Å². The molecule has 1 aliphatic rings. The summed E-state index contributed by atoms with van der Waals surface area (Å²) in [7, 11) is 0. The molecule has 0 amide bonds. The minimum atomic E-state index is 0.127. The molecule has 1 aromatic heterocycles. The molecule has 1 aromatic carbocycles. The number of pyridine rings is 1. The molecule has 1 N–H and O–H groups in total. The van der Waals surface area contributed by atoms with E-state index >= 15 is 0 Å². The summed E-state index contributed by atoms with van der Waals surface area (Å²) >= 11 is 0. The Morgan fingerprint density at radius 3 is 2.80 bits per heavy atom. The minimum absolute atomic E-state index is 0.127. The molecular formula is C16H18N2O2. The van der Waals surface area contributed by atoms with Gasteiger partial charge in [0.05, 0.1) is 12.3 Å². The summed E-state index contributed by atoms with van der Waals surface area (Å²) in [6.07, 6.45) is 2.81. The third-order valence-corrected chi connectivity index (χ3v) is 3.24. The van der Waals surface area contributed by atoms with Crippen LogP contribution in [-0.4, -0.2) is 24.2 Å². The molecule has 1 aliphatic heterocycles. The number of hydrogen-bond donors (Lipinski definition) is 1. The molecule has 2 heterocycles. The van der Waals surface area contributed by atoms with Crippen LogP contribution in [0.5, 0.6) is 11.5 Å². The molecule has 1 atom stereocenters. The second kappa shape index (κ2) is 6.39. The maximum Gasteiger partial charge on any atom is 0.161 e. The summed E-state index contributed by atoms with van der Waals surface area (Å²) < 4.78 is 11.7. The second-order valence-electron chi connectivity index (χ2n) is 4.78. The third kappa shape index (κ3) is 3.27. The molecule has 104 valence electrons. The molecule has 0 saturated heterocycles. The number of benzene rings is 1. The summed E-state index contributed by atoms with van der Waals surface area (Å²) in [6.45, 7) is 2.23. The van der Waals surface area contributed by atoms with Gasteiger partial charge in [0.25, 0.3) is 0 Å². The van der Waals surface area contributed by atoms with Crippen molar-refractivity contribution in [2.75, 3.05) is 13.2 Å². The highest BCUT2D eigenvalue weighted by Gasteiger charge is 2.17. The molecule has 1 unspecified atom stereocenters. The molecule has 4 nitrogen and oxygen atoms in total. The molecule has 2 aromatic rings. The van der Waals surface area contributed by atoms with E-state index in [1.165, 1.54) is 0 Å². The SMILES string of the molecule is c1ccc(CNCC2CCOc3ccccc3O2)nc1. The Morgan fingerprint density at radius 1 is 1.10 bits per heavy atom. The number of fused-ring (bicyclic) bond motifs is 1. The maximum atomic E-state index is 5.99. The number of ether oxygens (including phenoxy) is 2. The van der Waals surface area contributed by atoms with Crippen molar-refractivity contribution >= 4 is 0 Å². The first kappa shape index (κ1) is 12.9. The average Bonchev–Trinajstić information content (AvgIpc) is 2.70. The smallest absolute Gasteiger partial charge is 0.161 e. The fourth-order valence-corrected chi connectivity index (χ4v) is 2.21. The molecule has 0 spiro atoms. The summed E-state index contributed by atoms with van der Waals surface area (Å²) in [5, 5.41) is 3.39. The Bertz CT molecular complexity index is 545. The van der Waals surface area contributed by atoms with Gasteiger partial charge in [0.1, 0.15) is 6.10 Å².